The van der Waals surface area contributed by atoms with Crippen LogP contribution in [0, 0.1) is 0 Å². The number of likely N-dealkylation sites (tertiary alicyclic amines) is 1. The van der Waals surface area contributed by atoms with E-state index < -0.39 is 0 Å². The van der Waals surface area contributed by atoms with Gasteiger partial charge in [0.25, 0.3) is 5.91 Å². The van der Waals surface area contributed by atoms with Crippen molar-refractivity contribution in [2.24, 2.45) is 0 Å². The highest BCUT2D eigenvalue weighted by molar-refractivity contribution is 5.96. The Kier molecular flexibility index (Phi) is 4.51. The van der Waals surface area contributed by atoms with Crippen molar-refractivity contribution < 1.29 is 9.53 Å². The second kappa shape index (κ2) is 7.11. The van der Waals surface area contributed by atoms with E-state index in [1.165, 1.54) is 0 Å². The van der Waals surface area contributed by atoms with Gasteiger partial charge >= 0.3 is 0 Å². The molecular weight excluding hydrogens is 330 g/mol. The lowest BCUT2D eigenvalue weighted by atomic mass is 9.96. The minimum Gasteiger partial charge on any atom is -0.477 e. The predicted molar refractivity (Wildman–Crippen MR) is 96.3 cm³/mol. The molecule has 0 aromatic carbocycles. The van der Waals surface area contributed by atoms with Crippen LogP contribution in [0.4, 0.5) is 0 Å². The summed E-state index contributed by atoms with van der Waals surface area (Å²) < 4.78 is 7.53. The lowest BCUT2D eigenvalue weighted by Gasteiger charge is -2.32. The van der Waals surface area contributed by atoms with Crippen LogP contribution in [0.3, 0.4) is 0 Å². The minimum absolute atomic E-state index is 0.0416. The fourth-order valence-electron chi connectivity index (χ4n) is 3.49. The number of amides is 1. The molecule has 7 nitrogen and oxygen atoms in total. The number of fused-ring (bicyclic) bond motifs is 1. The number of hydrogen-bond donors (Lipinski definition) is 0. The third kappa shape index (κ3) is 3.00. The SMILES string of the molecule is CCOc1ncccc1C(=O)N1CCCC(c2nnc3ccccn23)C1. The molecule has 1 unspecified atom stereocenters. The highest BCUT2D eigenvalue weighted by atomic mass is 16.5. The molecule has 0 N–H and O–H groups in total. The summed E-state index contributed by atoms with van der Waals surface area (Å²) in [6.45, 7) is 3.71. The second-order valence-corrected chi connectivity index (χ2v) is 6.37. The van der Waals surface area contributed by atoms with E-state index in [1.54, 1.807) is 18.3 Å². The zero-order valence-electron chi connectivity index (χ0n) is 14.7. The Bertz CT molecular complexity index is 923. The number of piperidine rings is 1. The average molecular weight is 351 g/mol. The van der Waals surface area contributed by atoms with Gasteiger partial charge in [0.15, 0.2) is 5.65 Å². The summed E-state index contributed by atoms with van der Waals surface area (Å²) in [5, 5.41) is 8.61. The van der Waals surface area contributed by atoms with E-state index in [0.717, 1.165) is 30.9 Å². The summed E-state index contributed by atoms with van der Waals surface area (Å²) in [5.74, 6) is 1.43. The van der Waals surface area contributed by atoms with Gasteiger partial charge in [-0.05, 0) is 44.0 Å². The lowest BCUT2D eigenvalue weighted by molar-refractivity contribution is 0.0699. The Labute approximate surface area is 151 Å². The zero-order chi connectivity index (χ0) is 17.9. The molecule has 0 bridgehead atoms. The van der Waals surface area contributed by atoms with E-state index in [9.17, 15) is 4.79 Å². The maximum atomic E-state index is 13.0. The quantitative estimate of drug-likeness (QED) is 0.722. The molecule has 1 fully saturated rings. The topological polar surface area (TPSA) is 72.6 Å². The van der Waals surface area contributed by atoms with Gasteiger partial charge in [-0.2, -0.15) is 0 Å². The summed E-state index contributed by atoms with van der Waals surface area (Å²) in [5.41, 5.74) is 1.35. The molecule has 4 rings (SSSR count). The van der Waals surface area contributed by atoms with Crippen molar-refractivity contribution in [1.82, 2.24) is 24.5 Å². The summed E-state index contributed by atoms with van der Waals surface area (Å²) in [6, 6.07) is 9.39. The van der Waals surface area contributed by atoms with E-state index in [0.29, 0.717) is 24.6 Å². The number of hydrogen-bond acceptors (Lipinski definition) is 5. The van der Waals surface area contributed by atoms with Gasteiger partial charge in [0, 0.05) is 31.4 Å². The van der Waals surface area contributed by atoms with Crippen LogP contribution in [0.15, 0.2) is 42.7 Å². The molecule has 3 aromatic rings. The Morgan fingerprint density at radius 1 is 1.27 bits per heavy atom. The normalized spacial score (nSPS) is 17.4. The van der Waals surface area contributed by atoms with Crippen LogP contribution in [0.25, 0.3) is 5.65 Å². The molecule has 1 amide bonds. The fraction of sp³-hybridized carbons (Fsp3) is 0.368. The van der Waals surface area contributed by atoms with Crippen LogP contribution >= 0.6 is 0 Å². The first-order valence-corrected chi connectivity index (χ1v) is 8.94. The highest BCUT2D eigenvalue weighted by Gasteiger charge is 2.29. The van der Waals surface area contributed by atoms with Crippen LogP contribution < -0.4 is 4.74 Å². The average Bonchev–Trinajstić information content (AvgIpc) is 3.12. The van der Waals surface area contributed by atoms with E-state index >= 15 is 0 Å². The van der Waals surface area contributed by atoms with Crippen LogP contribution in [0.5, 0.6) is 5.88 Å². The first kappa shape index (κ1) is 16.5. The Balaban J connectivity index is 1.58. The van der Waals surface area contributed by atoms with Crippen LogP contribution in [-0.2, 0) is 0 Å². The van der Waals surface area contributed by atoms with Crippen molar-refractivity contribution in [3.8, 4) is 5.88 Å². The second-order valence-electron chi connectivity index (χ2n) is 6.37. The molecule has 0 spiro atoms. The highest BCUT2D eigenvalue weighted by Crippen LogP contribution is 2.28. The van der Waals surface area contributed by atoms with Gasteiger partial charge < -0.3 is 9.64 Å². The van der Waals surface area contributed by atoms with Crippen molar-refractivity contribution >= 4 is 11.6 Å². The van der Waals surface area contributed by atoms with Gasteiger partial charge in [0.2, 0.25) is 5.88 Å². The van der Waals surface area contributed by atoms with Crippen LogP contribution in [-0.4, -0.2) is 50.1 Å². The molecule has 1 atom stereocenters. The van der Waals surface area contributed by atoms with Crippen LogP contribution in [0.1, 0.15) is 41.9 Å². The van der Waals surface area contributed by atoms with Crippen LogP contribution in [0.2, 0.25) is 0 Å². The Morgan fingerprint density at radius 2 is 2.19 bits per heavy atom. The maximum absolute atomic E-state index is 13.0. The molecule has 0 saturated carbocycles. The first-order valence-electron chi connectivity index (χ1n) is 8.94. The molecule has 26 heavy (non-hydrogen) atoms. The van der Waals surface area contributed by atoms with E-state index in [4.69, 9.17) is 4.74 Å². The first-order chi connectivity index (χ1) is 12.8. The standard InChI is InChI=1S/C19H21N5O2/c1-2-26-18-15(8-5-10-20-18)19(25)23-11-6-7-14(13-23)17-22-21-16-9-3-4-12-24(16)17/h3-5,8-10,12,14H,2,6-7,11,13H2,1H3. The van der Waals surface area contributed by atoms with Crippen molar-refractivity contribution in [1.29, 1.82) is 0 Å². The van der Waals surface area contributed by atoms with Gasteiger partial charge in [-0.1, -0.05) is 6.07 Å². The third-order valence-electron chi connectivity index (χ3n) is 4.70. The molecule has 7 heteroatoms. The van der Waals surface area contributed by atoms with E-state index in [2.05, 4.69) is 15.2 Å². The zero-order valence-corrected chi connectivity index (χ0v) is 14.7. The summed E-state index contributed by atoms with van der Waals surface area (Å²) in [4.78, 5) is 19.1. The van der Waals surface area contributed by atoms with Gasteiger partial charge in [0.1, 0.15) is 11.4 Å². The number of nitrogens with zero attached hydrogens (tertiary/aromatic N) is 5. The summed E-state index contributed by atoms with van der Waals surface area (Å²) >= 11 is 0. The molecule has 0 aliphatic carbocycles. The number of aromatic nitrogens is 4. The molecular formula is C19H21N5O2. The molecule has 1 saturated heterocycles. The number of rotatable bonds is 4. The largest absolute Gasteiger partial charge is 0.477 e. The fourth-order valence-corrected chi connectivity index (χ4v) is 3.49. The summed E-state index contributed by atoms with van der Waals surface area (Å²) in [6.07, 6.45) is 5.54. The van der Waals surface area contributed by atoms with Crippen molar-refractivity contribution in [3.05, 3.63) is 54.1 Å². The molecule has 134 valence electrons. The van der Waals surface area contributed by atoms with Crippen molar-refractivity contribution in [2.75, 3.05) is 19.7 Å². The van der Waals surface area contributed by atoms with Gasteiger partial charge in [0.05, 0.1) is 6.61 Å². The van der Waals surface area contributed by atoms with E-state index in [1.807, 2.05) is 40.6 Å². The monoisotopic (exact) mass is 351 g/mol. The molecule has 1 aliphatic heterocycles. The van der Waals surface area contributed by atoms with E-state index in [-0.39, 0.29) is 11.8 Å². The molecule has 4 heterocycles. The maximum Gasteiger partial charge on any atom is 0.259 e. The predicted octanol–water partition coefficient (Wildman–Crippen LogP) is 2.54. The summed E-state index contributed by atoms with van der Waals surface area (Å²) in [7, 11) is 0. The van der Waals surface area contributed by atoms with Crippen molar-refractivity contribution in [2.45, 2.75) is 25.7 Å². The van der Waals surface area contributed by atoms with Crippen molar-refractivity contribution in [3.63, 3.8) is 0 Å². The third-order valence-corrected chi connectivity index (χ3v) is 4.70. The molecule has 3 aromatic heterocycles. The van der Waals surface area contributed by atoms with Gasteiger partial charge in [-0.15, -0.1) is 10.2 Å². The molecule has 0 radical (unpaired) electrons. The van der Waals surface area contributed by atoms with Gasteiger partial charge in [-0.25, -0.2) is 4.98 Å². The minimum atomic E-state index is -0.0416. The Morgan fingerprint density at radius 3 is 3.08 bits per heavy atom. The number of carbonyl (C=O) groups excluding carboxylic acids is 1. The Hall–Kier alpha value is -2.96. The lowest BCUT2D eigenvalue weighted by Crippen LogP contribution is -2.39. The number of carbonyl (C=O) groups is 1. The molecule has 1 aliphatic rings. The number of ether oxygens (including phenoxy) is 1. The van der Waals surface area contributed by atoms with Gasteiger partial charge in [-0.3, -0.25) is 9.20 Å². The smallest absolute Gasteiger partial charge is 0.259 e. The number of pyridine rings is 2.